The lowest BCUT2D eigenvalue weighted by atomic mass is 9.80. The minimum absolute atomic E-state index is 0.0563. The highest BCUT2D eigenvalue weighted by Crippen LogP contribution is 2.37. The van der Waals surface area contributed by atoms with Gasteiger partial charge >= 0.3 is 5.97 Å². The third kappa shape index (κ3) is 6.56. The zero-order valence-corrected chi connectivity index (χ0v) is 20.6. The van der Waals surface area contributed by atoms with Gasteiger partial charge in [0.25, 0.3) is 0 Å². The first-order chi connectivity index (χ1) is 16.7. The summed E-state index contributed by atoms with van der Waals surface area (Å²) >= 11 is 0. The first-order valence-electron chi connectivity index (χ1n) is 13.1. The third-order valence-electron chi connectivity index (χ3n) is 7.11. The zero-order valence-electron chi connectivity index (χ0n) is 20.6. The Morgan fingerprint density at radius 2 is 1.82 bits per heavy atom. The molecule has 2 atom stereocenters. The number of benzene rings is 1. The minimum atomic E-state index is -0.181. The van der Waals surface area contributed by atoms with Crippen LogP contribution in [-0.2, 0) is 9.53 Å². The monoisotopic (exact) mass is 466 g/mol. The van der Waals surface area contributed by atoms with Crippen molar-refractivity contribution in [3.05, 3.63) is 36.8 Å². The Kier molecular flexibility index (Phi) is 8.91. The highest BCUT2D eigenvalue weighted by Gasteiger charge is 2.38. The van der Waals surface area contributed by atoms with Gasteiger partial charge in [0.15, 0.2) is 0 Å². The molecule has 1 aliphatic heterocycles. The highest BCUT2D eigenvalue weighted by molar-refractivity contribution is 5.80. The van der Waals surface area contributed by atoms with Crippen molar-refractivity contribution in [2.45, 2.75) is 90.3 Å². The van der Waals surface area contributed by atoms with Crippen LogP contribution < -0.4 is 9.47 Å². The van der Waals surface area contributed by atoms with Gasteiger partial charge in [-0.25, -0.2) is 9.97 Å². The summed E-state index contributed by atoms with van der Waals surface area (Å²) in [5.41, 5.74) is 1.49. The van der Waals surface area contributed by atoms with E-state index in [-0.39, 0.29) is 18.0 Å². The van der Waals surface area contributed by atoms with Gasteiger partial charge in [0.2, 0.25) is 5.88 Å². The molecule has 1 saturated carbocycles. The molecule has 6 nitrogen and oxygen atoms in total. The lowest BCUT2D eigenvalue weighted by Gasteiger charge is -2.27. The first kappa shape index (κ1) is 24.6. The number of unbranched alkanes of at least 4 members (excludes halogenated alkanes) is 2. The van der Waals surface area contributed by atoms with E-state index in [2.05, 4.69) is 23.8 Å². The number of rotatable bonds is 12. The van der Waals surface area contributed by atoms with E-state index in [0.29, 0.717) is 29.9 Å². The summed E-state index contributed by atoms with van der Waals surface area (Å²) in [4.78, 5) is 21.5. The molecule has 0 bridgehead atoms. The molecule has 1 aromatic carbocycles. The molecule has 2 aliphatic rings. The van der Waals surface area contributed by atoms with Crippen molar-refractivity contribution < 1.29 is 19.0 Å². The maximum Gasteiger partial charge on any atom is 0.315 e. The van der Waals surface area contributed by atoms with Crippen molar-refractivity contribution in [1.29, 1.82) is 0 Å². The van der Waals surface area contributed by atoms with Crippen LogP contribution in [0.3, 0.4) is 0 Å². The molecule has 1 saturated heterocycles. The molecular weight excluding hydrogens is 428 g/mol. The van der Waals surface area contributed by atoms with Crippen molar-refractivity contribution in [1.82, 2.24) is 9.97 Å². The molecule has 34 heavy (non-hydrogen) atoms. The molecule has 1 aromatic heterocycles. The second-order valence-corrected chi connectivity index (χ2v) is 9.68. The van der Waals surface area contributed by atoms with Crippen LogP contribution in [0.2, 0.25) is 0 Å². The zero-order chi connectivity index (χ0) is 23.8. The summed E-state index contributed by atoms with van der Waals surface area (Å²) < 4.78 is 17.6. The fraction of sp³-hybridized carbons (Fsp3) is 0.607. The van der Waals surface area contributed by atoms with Crippen molar-refractivity contribution >= 4 is 5.97 Å². The molecular formula is C28H38N2O4. The van der Waals surface area contributed by atoms with Crippen LogP contribution in [0.25, 0.3) is 11.1 Å². The van der Waals surface area contributed by atoms with Crippen LogP contribution in [0.1, 0.15) is 78.1 Å². The van der Waals surface area contributed by atoms with Gasteiger partial charge in [-0.05, 0) is 44.1 Å². The van der Waals surface area contributed by atoms with Gasteiger partial charge in [0.1, 0.15) is 24.8 Å². The smallest absolute Gasteiger partial charge is 0.315 e. The predicted octanol–water partition coefficient (Wildman–Crippen LogP) is 6.38. The number of aromatic nitrogens is 2. The number of para-hydroxylation sites is 1. The summed E-state index contributed by atoms with van der Waals surface area (Å²) in [5.74, 6) is 1.53. The predicted molar refractivity (Wildman–Crippen MR) is 132 cm³/mol. The molecule has 0 N–H and O–H groups in total. The lowest BCUT2D eigenvalue weighted by molar-refractivity contribution is -0.140. The number of carbonyl (C=O) groups is 1. The van der Waals surface area contributed by atoms with E-state index < -0.39 is 0 Å². The fourth-order valence-corrected chi connectivity index (χ4v) is 4.98. The molecule has 2 heterocycles. The van der Waals surface area contributed by atoms with Crippen LogP contribution >= 0.6 is 0 Å². The lowest BCUT2D eigenvalue weighted by Crippen LogP contribution is -2.26. The standard InChI is InChI=1S/C28H38N2O4/c1-3-5-6-10-20-13-15-21(16-14-20)28(31)34-27-23(17-29-19-30-27)22-11-7-8-12-24(22)32-18-26-25(33-26)9-4-2/h7-8,11-12,17,19-21,25-26H,3-6,9-10,13-16,18H2,1-2H3. The second-order valence-electron chi connectivity index (χ2n) is 9.68. The van der Waals surface area contributed by atoms with Crippen molar-refractivity contribution in [3.8, 4) is 22.8 Å². The van der Waals surface area contributed by atoms with E-state index in [9.17, 15) is 4.79 Å². The first-order valence-corrected chi connectivity index (χ1v) is 13.1. The molecule has 0 spiro atoms. The number of carbonyl (C=O) groups excluding carboxylic acids is 1. The molecule has 1 aliphatic carbocycles. The number of hydrogen-bond acceptors (Lipinski definition) is 6. The van der Waals surface area contributed by atoms with Gasteiger partial charge in [-0.3, -0.25) is 4.79 Å². The van der Waals surface area contributed by atoms with Gasteiger partial charge in [0, 0.05) is 11.8 Å². The van der Waals surface area contributed by atoms with E-state index in [4.69, 9.17) is 14.2 Å². The molecule has 4 rings (SSSR count). The molecule has 184 valence electrons. The largest absolute Gasteiger partial charge is 0.490 e. The van der Waals surface area contributed by atoms with Crippen molar-refractivity contribution in [2.75, 3.05) is 6.61 Å². The summed E-state index contributed by atoms with van der Waals surface area (Å²) in [7, 11) is 0. The molecule has 6 heteroatoms. The van der Waals surface area contributed by atoms with Gasteiger partial charge in [-0.1, -0.05) is 64.2 Å². The Bertz CT molecular complexity index is 926. The average Bonchev–Trinajstić information content (AvgIpc) is 3.62. The normalized spacial score (nSPS) is 23.9. The maximum atomic E-state index is 13.0. The Balaban J connectivity index is 1.38. The van der Waals surface area contributed by atoms with Gasteiger partial charge in [-0.2, -0.15) is 0 Å². The Morgan fingerprint density at radius 1 is 1.00 bits per heavy atom. The van der Waals surface area contributed by atoms with Crippen LogP contribution in [0, 0.1) is 11.8 Å². The summed E-state index contributed by atoms with van der Waals surface area (Å²) in [6.07, 6.45) is 14.9. The van der Waals surface area contributed by atoms with Crippen LogP contribution in [0.15, 0.2) is 36.8 Å². The summed E-state index contributed by atoms with van der Waals surface area (Å²) in [6.45, 7) is 4.90. The van der Waals surface area contributed by atoms with Crippen LogP contribution in [0.4, 0.5) is 0 Å². The van der Waals surface area contributed by atoms with E-state index in [1.54, 1.807) is 6.20 Å². The van der Waals surface area contributed by atoms with Gasteiger partial charge in [0.05, 0.1) is 17.6 Å². The quantitative estimate of drug-likeness (QED) is 0.205. The van der Waals surface area contributed by atoms with Gasteiger partial charge < -0.3 is 14.2 Å². The molecule has 0 amide bonds. The van der Waals surface area contributed by atoms with Gasteiger partial charge in [-0.15, -0.1) is 0 Å². The average molecular weight is 467 g/mol. The molecule has 0 radical (unpaired) electrons. The third-order valence-corrected chi connectivity index (χ3v) is 7.11. The fourth-order valence-electron chi connectivity index (χ4n) is 4.98. The maximum absolute atomic E-state index is 13.0. The summed E-state index contributed by atoms with van der Waals surface area (Å²) in [6, 6.07) is 7.74. The Morgan fingerprint density at radius 3 is 2.62 bits per heavy atom. The minimum Gasteiger partial charge on any atom is -0.490 e. The van der Waals surface area contributed by atoms with E-state index in [1.807, 2.05) is 24.3 Å². The molecule has 2 aromatic rings. The van der Waals surface area contributed by atoms with Crippen molar-refractivity contribution in [2.24, 2.45) is 11.8 Å². The SMILES string of the molecule is CCCCCC1CCC(C(=O)Oc2ncncc2-c2ccccc2OCC2OC2CCC)CC1. The second kappa shape index (κ2) is 12.3. The van der Waals surface area contributed by atoms with Crippen molar-refractivity contribution in [3.63, 3.8) is 0 Å². The Hall–Kier alpha value is -2.47. The number of nitrogens with zero attached hydrogens (tertiary/aromatic N) is 2. The van der Waals surface area contributed by atoms with Crippen LogP contribution in [0.5, 0.6) is 11.6 Å². The van der Waals surface area contributed by atoms with E-state index >= 15 is 0 Å². The number of ether oxygens (including phenoxy) is 3. The molecule has 2 fully saturated rings. The summed E-state index contributed by atoms with van der Waals surface area (Å²) in [5, 5.41) is 0. The number of epoxide rings is 1. The topological polar surface area (TPSA) is 73.8 Å². The van der Waals surface area contributed by atoms with E-state index in [1.165, 1.54) is 32.0 Å². The van der Waals surface area contributed by atoms with E-state index in [0.717, 1.165) is 50.0 Å². The van der Waals surface area contributed by atoms with Crippen LogP contribution in [-0.4, -0.2) is 34.8 Å². The molecule has 2 unspecified atom stereocenters. The number of esters is 1. The number of hydrogen-bond donors (Lipinski definition) is 0. The highest BCUT2D eigenvalue weighted by atomic mass is 16.6. The Labute approximate surface area is 203 Å².